The number of tetrazole rings is 1. The van der Waals surface area contributed by atoms with E-state index in [1.54, 1.807) is 0 Å². The Balaban J connectivity index is 1.48. The van der Waals surface area contributed by atoms with Crippen LogP contribution < -0.4 is 0 Å². The van der Waals surface area contributed by atoms with Crippen molar-refractivity contribution in [3.63, 3.8) is 0 Å². The van der Waals surface area contributed by atoms with Gasteiger partial charge in [0.05, 0.1) is 0 Å². The van der Waals surface area contributed by atoms with E-state index in [2.05, 4.69) is 51.8 Å². The molecule has 2 aromatic carbocycles. The van der Waals surface area contributed by atoms with E-state index in [0.29, 0.717) is 18.1 Å². The third kappa shape index (κ3) is 3.37. The van der Waals surface area contributed by atoms with Crippen LogP contribution in [0, 0.1) is 0 Å². The lowest BCUT2D eigenvalue weighted by atomic mass is 9.98. The monoisotopic (exact) mass is 428 g/mol. The first kappa shape index (κ1) is 20.1. The molecule has 2 aromatic heterocycles. The third-order valence-corrected chi connectivity index (χ3v) is 5.75. The summed E-state index contributed by atoms with van der Waals surface area (Å²) < 4.78 is 7.57. The van der Waals surface area contributed by atoms with Crippen LogP contribution in [0.1, 0.15) is 54.8 Å². The van der Waals surface area contributed by atoms with Crippen LogP contribution in [-0.2, 0) is 23.3 Å². The van der Waals surface area contributed by atoms with Gasteiger partial charge in [-0.15, -0.1) is 10.2 Å². The van der Waals surface area contributed by atoms with Gasteiger partial charge in [-0.2, -0.15) is 5.21 Å². The van der Waals surface area contributed by atoms with Gasteiger partial charge in [-0.1, -0.05) is 55.5 Å². The molecule has 1 aliphatic heterocycles. The fourth-order valence-corrected chi connectivity index (χ4v) is 4.22. The number of nitrogens with zero attached hydrogens (tertiary/aromatic N) is 5. The summed E-state index contributed by atoms with van der Waals surface area (Å²) in [6.07, 6.45) is 1.77. The highest BCUT2D eigenvalue weighted by molar-refractivity contribution is 5.92. The minimum atomic E-state index is -0.692. The second-order valence-electron chi connectivity index (χ2n) is 8.44. The average Bonchev–Trinajstić information content (AvgIpc) is 3.48. The molecule has 1 N–H and O–H groups in total. The van der Waals surface area contributed by atoms with Crippen LogP contribution in [0.4, 0.5) is 0 Å². The maximum absolute atomic E-state index is 12.6. The quantitative estimate of drug-likeness (QED) is 0.464. The Morgan fingerprint density at radius 2 is 1.81 bits per heavy atom. The van der Waals surface area contributed by atoms with Crippen molar-refractivity contribution in [1.29, 1.82) is 0 Å². The van der Waals surface area contributed by atoms with E-state index in [-0.39, 0.29) is 5.97 Å². The number of cyclic esters (lactones) is 1. The summed E-state index contributed by atoms with van der Waals surface area (Å²) in [5.74, 6) is 1.18. The summed E-state index contributed by atoms with van der Waals surface area (Å²) in [5, 5.41) is 14.4. The van der Waals surface area contributed by atoms with Crippen LogP contribution in [-0.4, -0.2) is 36.1 Å². The van der Waals surface area contributed by atoms with E-state index >= 15 is 0 Å². The van der Waals surface area contributed by atoms with Gasteiger partial charge in [0.1, 0.15) is 11.5 Å². The second kappa shape index (κ2) is 7.71. The highest BCUT2D eigenvalue weighted by Gasteiger charge is 2.43. The number of ether oxygens (including phenoxy) is 1. The smallest absolute Gasteiger partial charge is 0.358 e. The van der Waals surface area contributed by atoms with Crippen molar-refractivity contribution in [3.8, 4) is 22.5 Å². The zero-order valence-corrected chi connectivity index (χ0v) is 18.3. The predicted octanol–water partition coefficient (Wildman–Crippen LogP) is 4.14. The molecule has 32 heavy (non-hydrogen) atoms. The van der Waals surface area contributed by atoms with Crippen molar-refractivity contribution < 1.29 is 9.53 Å². The molecule has 4 aromatic rings. The molecule has 0 unspecified atom stereocenters. The molecule has 0 spiro atoms. The molecule has 8 heteroatoms. The van der Waals surface area contributed by atoms with Crippen molar-refractivity contribution in [2.45, 2.75) is 45.8 Å². The Hall–Kier alpha value is -3.81. The summed E-state index contributed by atoms with van der Waals surface area (Å²) in [6, 6.07) is 16.3. The lowest BCUT2D eigenvalue weighted by molar-refractivity contribution is 0.00734. The maximum Gasteiger partial charge on any atom is 0.358 e. The van der Waals surface area contributed by atoms with E-state index in [0.717, 1.165) is 46.6 Å². The van der Waals surface area contributed by atoms with Crippen molar-refractivity contribution in [2.24, 2.45) is 0 Å². The number of fused-ring (bicyclic) bond motifs is 1. The van der Waals surface area contributed by atoms with E-state index in [1.807, 2.05) is 42.7 Å². The molecular weight excluding hydrogens is 404 g/mol. The number of carbonyl (C=O) groups is 1. The number of rotatable bonds is 6. The molecule has 0 bridgehead atoms. The van der Waals surface area contributed by atoms with Gasteiger partial charge in [-0.05, 0) is 42.2 Å². The first-order valence-electron chi connectivity index (χ1n) is 10.7. The van der Waals surface area contributed by atoms with Gasteiger partial charge in [-0.3, -0.25) is 0 Å². The van der Waals surface area contributed by atoms with Crippen LogP contribution in [0.3, 0.4) is 0 Å². The van der Waals surface area contributed by atoms with Gasteiger partial charge in [0.25, 0.3) is 0 Å². The molecule has 0 atom stereocenters. The summed E-state index contributed by atoms with van der Waals surface area (Å²) in [7, 11) is 0. The minimum absolute atomic E-state index is 0.300. The number of hydrogen-bond donors (Lipinski definition) is 1. The normalized spacial score (nSPS) is 14.4. The molecule has 0 fully saturated rings. The summed E-state index contributed by atoms with van der Waals surface area (Å²) >= 11 is 0. The number of H-pyrrole nitrogens is 1. The zero-order valence-electron chi connectivity index (χ0n) is 18.3. The van der Waals surface area contributed by atoms with E-state index in [1.165, 1.54) is 0 Å². The largest absolute Gasteiger partial charge is 0.448 e. The molecule has 162 valence electrons. The fraction of sp³-hybridized carbons (Fsp3) is 0.292. The van der Waals surface area contributed by atoms with Crippen molar-refractivity contribution in [3.05, 3.63) is 71.3 Å². The van der Waals surface area contributed by atoms with Gasteiger partial charge in [0, 0.05) is 18.5 Å². The summed E-state index contributed by atoms with van der Waals surface area (Å²) in [5.41, 5.74) is 4.70. The number of aryl methyl sites for hydroxylation is 1. The summed E-state index contributed by atoms with van der Waals surface area (Å²) in [4.78, 5) is 17.4. The van der Waals surface area contributed by atoms with E-state index in [4.69, 9.17) is 9.72 Å². The molecule has 0 radical (unpaired) electrons. The van der Waals surface area contributed by atoms with Gasteiger partial charge < -0.3 is 9.30 Å². The van der Waals surface area contributed by atoms with Gasteiger partial charge in [0.2, 0.25) is 5.82 Å². The third-order valence-electron chi connectivity index (χ3n) is 5.75. The molecule has 5 rings (SSSR count). The highest BCUT2D eigenvalue weighted by Crippen LogP contribution is 2.36. The Labute approximate surface area is 185 Å². The lowest BCUT2D eigenvalue weighted by Crippen LogP contribution is -2.18. The SMILES string of the molecule is CCCc1nc2c(n1Cc1ccc(-c3ccccc3-c3nn[nH]n3)cc1)C(=O)OC2(C)C. The number of carbonyl (C=O) groups excluding carboxylic acids is 1. The Morgan fingerprint density at radius 1 is 1.06 bits per heavy atom. The van der Waals surface area contributed by atoms with Gasteiger partial charge in [-0.25, -0.2) is 9.78 Å². The second-order valence-corrected chi connectivity index (χ2v) is 8.44. The number of nitrogens with one attached hydrogen (secondary N) is 1. The Bertz CT molecular complexity index is 1270. The van der Waals surface area contributed by atoms with Crippen molar-refractivity contribution in [2.75, 3.05) is 0 Å². The van der Waals surface area contributed by atoms with Gasteiger partial charge >= 0.3 is 5.97 Å². The summed E-state index contributed by atoms with van der Waals surface area (Å²) in [6.45, 7) is 6.46. The molecule has 0 saturated heterocycles. The van der Waals surface area contributed by atoms with Gasteiger partial charge in [0.15, 0.2) is 11.3 Å². The van der Waals surface area contributed by atoms with Crippen LogP contribution >= 0.6 is 0 Å². The van der Waals surface area contributed by atoms with Crippen LogP contribution in [0.15, 0.2) is 48.5 Å². The maximum atomic E-state index is 12.6. The first-order chi connectivity index (χ1) is 15.5. The van der Waals surface area contributed by atoms with Crippen LogP contribution in [0.25, 0.3) is 22.5 Å². The Kier molecular flexibility index (Phi) is 4.84. The molecular formula is C24H24N6O2. The number of aromatic amines is 1. The van der Waals surface area contributed by atoms with E-state index in [9.17, 15) is 4.79 Å². The number of esters is 1. The van der Waals surface area contributed by atoms with Crippen molar-refractivity contribution in [1.82, 2.24) is 30.2 Å². The Morgan fingerprint density at radius 3 is 2.50 bits per heavy atom. The molecule has 0 amide bonds. The minimum Gasteiger partial charge on any atom is -0.448 e. The molecule has 8 nitrogen and oxygen atoms in total. The van der Waals surface area contributed by atoms with Crippen molar-refractivity contribution >= 4 is 5.97 Å². The highest BCUT2D eigenvalue weighted by atomic mass is 16.6. The first-order valence-corrected chi connectivity index (χ1v) is 10.7. The molecule has 1 aliphatic rings. The fourth-order valence-electron chi connectivity index (χ4n) is 4.22. The number of imidazole rings is 1. The molecule has 0 saturated carbocycles. The molecule has 3 heterocycles. The number of benzene rings is 2. The number of aromatic nitrogens is 6. The van der Waals surface area contributed by atoms with Crippen LogP contribution in [0.5, 0.6) is 0 Å². The topological polar surface area (TPSA) is 98.6 Å². The van der Waals surface area contributed by atoms with Crippen LogP contribution in [0.2, 0.25) is 0 Å². The lowest BCUT2D eigenvalue weighted by Gasteiger charge is -2.15. The zero-order chi connectivity index (χ0) is 22.3. The standard InChI is InChI=1S/C24H24N6O2/c1-4-7-19-25-21-20(23(31)32-24(21,2)3)30(19)14-15-10-12-16(13-11-15)17-8-5-6-9-18(17)22-26-28-29-27-22/h5-6,8-13H,4,7,14H2,1-3H3,(H,26,27,28,29). The molecule has 0 aliphatic carbocycles. The number of hydrogen-bond acceptors (Lipinski definition) is 6. The van der Waals surface area contributed by atoms with E-state index < -0.39 is 5.60 Å². The average molecular weight is 428 g/mol. The predicted molar refractivity (Wildman–Crippen MR) is 119 cm³/mol.